The summed E-state index contributed by atoms with van der Waals surface area (Å²) >= 11 is 0. The minimum absolute atomic E-state index is 0.0810. The number of hydrogen-bond donors (Lipinski definition) is 2. The number of piperidine rings is 2. The van der Waals surface area contributed by atoms with Crippen molar-refractivity contribution >= 4 is 11.9 Å². The maximum Gasteiger partial charge on any atom is 0.335 e. The Kier molecular flexibility index (Phi) is 7.06. The minimum atomic E-state index is -0.600. The van der Waals surface area contributed by atoms with Crippen LogP contribution in [-0.4, -0.2) is 59.0 Å². The van der Waals surface area contributed by atoms with Crippen LogP contribution in [0.4, 0.5) is 0 Å². The smallest absolute Gasteiger partial charge is 0.335 e. The fourth-order valence-electron chi connectivity index (χ4n) is 6.25. The number of ether oxygens (including phenoxy) is 3. The Labute approximate surface area is 193 Å². The van der Waals surface area contributed by atoms with Crippen molar-refractivity contribution in [3.05, 3.63) is 0 Å². The molecule has 3 rings (SSSR count). The first-order valence-electron chi connectivity index (χ1n) is 12.2. The van der Waals surface area contributed by atoms with Crippen molar-refractivity contribution < 1.29 is 23.8 Å². The largest absolute Gasteiger partial charge is 0.462 e. The van der Waals surface area contributed by atoms with Crippen molar-refractivity contribution in [1.82, 2.24) is 10.6 Å². The summed E-state index contributed by atoms with van der Waals surface area (Å²) in [6, 6.07) is 0. The molecule has 7 heteroatoms. The van der Waals surface area contributed by atoms with E-state index in [2.05, 4.69) is 66.0 Å². The van der Waals surface area contributed by atoms with Crippen LogP contribution in [0.25, 0.3) is 0 Å². The van der Waals surface area contributed by atoms with Gasteiger partial charge in [0.25, 0.3) is 0 Å². The number of carbonyl (C=O) groups is 2. The van der Waals surface area contributed by atoms with Crippen LogP contribution in [0.1, 0.15) is 93.9 Å². The van der Waals surface area contributed by atoms with E-state index in [0.29, 0.717) is 12.8 Å². The molecule has 3 fully saturated rings. The van der Waals surface area contributed by atoms with Crippen LogP contribution >= 0.6 is 0 Å². The van der Waals surface area contributed by atoms with E-state index in [-0.39, 0.29) is 58.8 Å². The van der Waals surface area contributed by atoms with Crippen molar-refractivity contribution in [3.63, 3.8) is 0 Å². The lowest BCUT2D eigenvalue weighted by Gasteiger charge is -2.46. The fourth-order valence-corrected chi connectivity index (χ4v) is 6.25. The van der Waals surface area contributed by atoms with E-state index in [1.54, 1.807) is 0 Å². The average molecular weight is 453 g/mol. The molecular formula is C25H44N2O5. The van der Waals surface area contributed by atoms with Crippen molar-refractivity contribution in [2.45, 2.75) is 134 Å². The molecule has 0 spiro atoms. The van der Waals surface area contributed by atoms with Gasteiger partial charge in [0, 0.05) is 47.8 Å². The summed E-state index contributed by atoms with van der Waals surface area (Å²) in [6.07, 6.45) is 3.34. The minimum Gasteiger partial charge on any atom is -0.462 e. The molecule has 0 aliphatic carbocycles. The third-order valence-electron chi connectivity index (χ3n) is 6.74. The van der Waals surface area contributed by atoms with Gasteiger partial charge in [-0.3, -0.25) is 4.79 Å². The van der Waals surface area contributed by atoms with Crippen molar-refractivity contribution in [1.29, 1.82) is 0 Å². The lowest BCUT2D eigenvalue weighted by Crippen LogP contribution is -2.60. The van der Waals surface area contributed by atoms with Crippen LogP contribution < -0.4 is 10.6 Å². The normalized spacial score (nSPS) is 32.1. The molecule has 0 amide bonds. The first kappa shape index (κ1) is 25.4. The van der Waals surface area contributed by atoms with E-state index >= 15 is 0 Å². The quantitative estimate of drug-likeness (QED) is 0.632. The van der Waals surface area contributed by atoms with Gasteiger partial charge in [0.1, 0.15) is 12.2 Å². The van der Waals surface area contributed by atoms with Gasteiger partial charge in [-0.25, -0.2) is 4.79 Å². The molecule has 7 nitrogen and oxygen atoms in total. The summed E-state index contributed by atoms with van der Waals surface area (Å²) in [6.45, 7) is 17.3. The highest BCUT2D eigenvalue weighted by Crippen LogP contribution is 2.33. The standard InChI is InChI=1S/C25H44N2O5/c1-22(2)11-17(12-23(3,4)26-22)31-20(28)16-9-10-19(30-15-16)21(29)32-18-13-24(5,6)27-25(7,8)14-18/h16-19,26-27H,9-15H2,1-8H3. The molecule has 3 aliphatic heterocycles. The predicted molar refractivity (Wildman–Crippen MR) is 123 cm³/mol. The molecule has 184 valence electrons. The van der Waals surface area contributed by atoms with E-state index in [4.69, 9.17) is 14.2 Å². The van der Waals surface area contributed by atoms with Crippen LogP contribution in [-0.2, 0) is 23.8 Å². The van der Waals surface area contributed by atoms with E-state index in [9.17, 15) is 9.59 Å². The maximum absolute atomic E-state index is 12.8. The Morgan fingerprint density at radius 1 is 0.688 bits per heavy atom. The Morgan fingerprint density at radius 3 is 1.47 bits per heavy atom. The molecule has 2 unspecified atom stereocenters. The van der Waals surface area contributed by atoms with Gasteiger partial charge in [-0.1, -0.05) is 0 Å². The second-order valence-corrected chi connectivity index (χ2v) is 12.8. The van der Waals surface area contributed by atoms with E-state index in [1.807, 2.05) is 0 Å². The van der Waals surface area contributed by atoms with Crippen LogP contribution in [0.2, 0.25) is 0 Å². The molecule has 2 atom stereocenters. The number of nitrogens with one attached hydrogen (secondary N) is 2. The molecule has 32 heavy (non-hydrogen) atoms. The zero-order valence-corrected chi connectivity index (χ0v) is 21.3. The van der Waals surface area contributed by atoms with E-state index in [1.165, 1.54) is 0 Å². The molecule has 3 heterocycles. The van der Waals surface area contributed by atoms with Crippen LogP contribution in [0.15, 0.2) is 0 Å². The van der Waals surface area contributed by atoms with Gasteiger partial charge in [-0.2, -0.15) is 0 Å². The lowest BCUT2D eigenvalue weighted by molar-refractivity contribution is -0.178. The fraction of sp³-hybridized carbons (Fsp3) is 0.920. The number of esters is 2. The predicted octanol–water partition coefficient (Wildman–Crippen LogP) is 3.49. The highest BCUT2D eigenvalue weighted by molar-refractivity contribution is 5.76. The maximum atomic E-state index is 12.8. The monoisotopic (exact) mass is 452 g/mol. The van der Waals surface area contributed by atoms with Crippen LogP contribution in [0, 0.1) is 5.92 Å². The first-order valence-corrected chi connectivity index (χ1v) is 12.2. The Hall–Kier alpha value is -1.18. The molecule has 3 saturated heterocycles. The Bertz CT molecular complexity index is 615. The van der Waals surface area contributed by atoms with Crippen molar-refractivity contribution in [2.75, 3.05) is 6.61 Å². The van der Waals surface area contributed by atoms with Gasteiger partial charge in [0.2, 0.25) is 0 Å². The number of rotatable bonds is 4. The summed E-state index contributed by atoms with van der Waals surface area (Å²) in [5.74, 6) is -0.841. The number of hydrogen-bond acceptors (Lipinski definition) is 7. The highest BCUT2D eigenvalue weighted by atomic mass is 16.6. The molecule has 0 saturated carbocycles. The summed E-state index contributed by atoms with van der Waals surface area (Å²) in [5.41, 5.74) is -0.343. The zero-order valence-electron chi connectivity index (χ0n) is 21.3. The molecular weight excluding hydrogens is 408 g/mol. The van der Waals surface area contributed by atoms with Gasteiger partial charge >= 0.3 is 11.9 Å². The molecule has 0 aromatic heterocycles. The average Bonchev–Trinajstić information content (AvgIpc) is 2.56. The molecule has 3 aliphatic rings. The van der Waals surface area contributed by atoms with E-state index < -0.39 is 6.10 Å². The third-order valence-corrected chi connectivity index (χ3v) is 6.74. The van der Waals surface area contributed by atoms with Gasteiger partial charge in [-0.05, 0) is 68.2 Å². The summed E-state index contributed by atoms with van der Waals surface area (Å²) in [7, 11) is 0. The number of carbonyl (C=O) groups excluding carboxylic acids is 2. The summed E-state index contributed by atoms with van der Waals surface area (Å²) in [4.78, 5) is 25.5. The van der Waals surface area contributed by atoms with Crippen molar-refractivity contribution in [2.24, 2.45) is 5.92 Å². The van der Waals surface area contributed by atoms with Gasteiger partial charge in [0.15, 0.2) is 6.10 Å². The van der Waals surface area contributed by atoms with Crippen molar-refractivity contribution in [3.8, 4) is 0 Å². The second-order valence-electron chi connectivity index (χ2n) is 12.8. The zero-order chi connectivity index (χ0) is 23.9. The topological polar surface area (TPSA) is 85.9 Å². The summed E-state index contributed by atoms with van der Waals surface area (Å²) in [5, 5.41) is 7.20. The summed E-state index contributed by atoms with van der Waals surface area (Å²) < 4.78 is 17.5. The molecule has 0 aromatic rings. The molecule has 0 aromatic carbocycles. The molecule has 2 N–H and O–H groups in total. The SMILES string of the molecule is CC1(C)CC(OC(=O)C2CCC(C(=O)OC3CC(C)(C)NC(C)(C)C3)OC2)CC(C)(C)N1. The van der Waals surface area contributed by atoms with Crippen LogP contribution in [0.5, 0.6) is 0 Å². The highest BCUT2D eigenvalue weighted by Gasteiger charge is 2.42. The van der Waals surface area contributed by atoms with Gasteiger partial charge in [-0.15, -0.1) is 0 Å². The Morgan fingerprint density at radius 2 is 1.09 bits per heavy atom. The van der Waals surface area contributed by atoms with Gasteiger partial charge < -0.3 is 24.8 Å². The molecule has 0 radical (unpaired) electrons. The second kappa shape index (κ2) is 8.88. The van der Waals surface area contributed by atoms with Crippen LogP contribution in [0.3, 0.4) is 0 Å². The van der Waals surface area contributed by atoms with Gasteiger partial charge in [0.05, 0.1) is 12.5 Å². The molecule has 0 bridgehead atoms. The van der Waals surface area contributed by atoms with E-state index in [0.717, 1.165) is 25.7 Å². The lowest BCUT2D eigenvalue weighted by atomic mass is 9.81. The first-order chi connectivity index (χ1) is 14.5. The third kappa shape index (κ3) is 6.91. The Balaban J connectivity index is 1.47.